The van der Waals surface area contributed by atoms with Gasteiger partial charge in [-0.2, -0.15) is 0 Å². The molecule has 1 aliphatic carbocycles. The lowest BCUT2D eigenvalue weighted by molar-refractivity contribution is -0.00905. The van der Waals surface area contributed by atoms with E-state index in [2.05, 4.69) is 16.8 Å². The minimum absolute atomic E-state index is 0.359. The second-order valence-electron chi connectivity index (χ2n) is 6.18. The molecule has 0 bridgehead atoms. The minimum Gasteiger partial charge on any atom is -0.383 e. The first-order valence-corrected chi connectivity index (χ1v) is 8.22. The molecule has 1 aromatic rings. The van der Waals surface area contributed by atoms with Gasteiger partial charge in [-0.15, -0.1) is 0 Å². The van der Waals surface area contributed by atoms with Crippen LogP contribution in [0.5, 0.6) is 0 Å². The predicted octanol–water partition coefficient (Wildman–Crippen LogP) is 2.47. The summed E-state index contributed by atoms with van der Waals surface area (Å²) in [6.07, 6.45) is 7.20. The van der Waals surface area contributed by atoms with E-state index in [0.717, 1.165) is 43.2 Å². The Hall–Kier alpha value is -1.36. The fourth-order valence-electron chi connectivity index (χ4n) is 3.54. The third kappa shape index (κ3) is 2.84. The molecule has 3 rings (SSSR count). The fraction of sp³-hybridized carbons (Fsp3) is 0.750. The van der Waals surface area contributed by atoms with Crippen LogP contribution >= 0.6 is 0 Å². The summed E-state index contributed by atoms with van der Waals surface area (Å²) in [7, 11) is 0. The van der Waals surface area contributed by atoms with Crippen LogP contribution in [0.3, 0.4) is 0 Å². The molecule has 2 N–H and O–H groups in total. The Morgan fingerprint density at radius 3 is 2.90 bits per heavy atom. The van der Waals surface area contributed by atoms with E-state index < -0.39 is 0 Å². The van der Waals surface area contributed by atoms with Crippen molar-refractivity contribution in [1.82, 2.24) is 9.97 Å². The summed E-state index contributed by atoms with van der Waals surface area (Å²) >= 11 is 0. The van der Waals surface area contributed by atoms with Gasteiger partial charge in [-0.05, 0) is 26.2 Å². The number of anilines is 2. The molecule has 21 heavy (non-hydrogen) atoms. The van der Waals surface area contributed by atoms with Gasteiger partial charge in [-0.25, -0.2) is 9.97 Å². The summed E-state index contributed by atoms with van der Waals surface area (Å²) in [6, 6.07) is 0.454. The summed E-state index contributed by atoms with van der Waals surface area (Å²) in [5.74, 6) is 2.53. The lowest BCUT2D eigenvalue weighted by atomic mass is 9.90. The molecule has 1 aromatic heterocycles. The SMILES string of the molecule is CCCc1nc(N)c(C)c(N2CCOC3CCCCC32)n1. The number of aromatic nitrogens is 2. The van der Waals surface area contributed by atoms with Gasteiger partial charge < -0.3 is 15.4 Å². The average molecular weight is 290 g/mol. The van der Waals surface area contributed by atoms with Crippen LogP contribution in [0.2, 0.25) is 0 Å². The molecule has 2 heterocycles. The maximum absolute atomic E-state index is 6.12. The Labute approximate surface area is 126 Å². The van der Waals surface area contributed by atoms with E-state index in [1.807, 2.05) is 6.92 Å². The van der Waals surface area contributed by atoms with Gasteiger partial charge in [-0.1, -0.05) is 19.8 Å². The number of nitrogens with zero attached hydrogens (tertiary/aromatic N) is 3. The maximum Gasteiger partial charge on any atom is 0.137 e. The largest absolute Gasteiger partial charge is 0.383 e. The summed E-state index contributed by atoms with van der Waals surface area (Å²) in [6.45, 7) is 5.87. The molecule has 1 saturated carbocycles. The predicted molar refractivity (Wildman–Crippen MR) is 84.5 cm³/mol. The molecule has 5 nitrogen and oxygen atoms in total. The normalized spacial score (nSPS) is 25.7. The van der Waals surface area contributed by atoms with Crippen molar-refractivity contribution < 1.29 is 4.74 Å². The van der Waals surface area contributed by atoms with Crippen LogP contribution in [-0.2, 0) is 11.2 Å². The van der Waals surface area contributed by atoms with Crippen LogP contribution in [0.1, 0.15) is 50.4 Å². The van der Waals surface area contributed by atoms with Crippen molar-refractivity contribution in [1.29, 1.82) is 0 Å². The van der Waals surface area contributed by atoms with Gasteiger partial charge in [0, 0.05) is 18.5 Å². The van der Waals surface area contributed by atoms with E-state index in [-0.39, 0.29) is 0 Å². The Kier molecular flexibility index (Phi) is 4.29. The number of nitrogen functional groups attached to an aromatic ring is 1. The Morgan fingerprint density at radius 1 is 1.29 bits per heavy atom. The molecule has 1 saturated heterocycles. The quantitative estimate of drug-likeness (QED) is 0.926. The van der Waals surface area contributed by atoms with Crippen LogP contribution in [0.15, 0.2) is 0 Å². The number of morpholine rings is 1. The first kappa shape index (κ1) is 14.6. The van der Waals surface area contributed by atoms with Gasteiger partial charge in [0.2, 0.25) is 0 Å². The van der Waals surface area contributed by atoms with Crippen LogP contribution in [0.4, 0.5) is 11.6 Å². The zero-order valence-electron chi connectivity index (χ0n) is 13.1. The Morgan fingerprint density at radius 2 is 2.10 bits per heavy atom. The number of aryl methyl sites for hydroxylation is 1. The number of hydrogen-bond acceptors (Lipinski definition) is 5. The molecule has 116 valence electrons. The minimum atomic E-state index is 0.359. The van der Waals surface area contributed by atoms with E-state index in [1.54, 1.807) is 0 Å². The molecular weight excluding hydrogens is 264 g/mol. The van der Waals surface area contributed by atoms with Crippen LogP contribution < -0.4 is 10.6 Å². The second kappa shape index (κ2) is 6.18. The van der Waals surface area contributed by atoms with E-state index in [4.69, 9.17) is 15.5 Å². The topological polar surface area (TPSA) is 64.3 Å². The van der Waals surface area contributed by atoms with Crippen molar-refractivity contribution in [2.75, 3.05) is 23.8 Å². The molecule has 0 spiro atoms. The number of ether oxygens (including phenoxy) is 1. The van der Waals surface area contributed by atoms with Crippen molar-refractivity contribution >= 4 is 11.6 Å². The van der Waals surface area contributed by atoms with Crippen LogP contribution in [0, 0.1) is 6.92 Å². The summed E-state index contributed by atoms with van der Waals surface area (Å²) in [4.78, 5) is 11.7. The van der Waals surface area contributed by atoms with Gasteiger partial charge >= 0.3 is 0 Å². The fourth-order valence-corrected chi connectivity index (χ4v) is 3.54. The number of fused-ring (bicyclic) bond motifs is 1. The first-order chi connectivity index (χ1) is 10.2. The van der Waals surface area contributed by atoms with Gasteiger partial charge in [0.05, 0.1) is 18.8 Å². The molecule has 2 fully saturated rings. The molecular formula is C16H26N4O. The highest BCUT2D eigenvalue weighted by molar-refractivity contribution is 5.57. The summed E-state index contributed by atoms with van der Waals surface area (Å²) in [5, 5.41) is 0. The second-order valence-corrected chi connectivity index (χ2v) is 6.18. The smallest absolute Gasteiger partial charge is 0.137 e. The van der Waals surface area contributed by atoms with Crippen molar-refractivity contribution in [2.45, 2.75) is 64.5 Å². The zero-order valence-corrected chi connectivity index (χ0v) is 13.1. The third-order valence-corrected chi connectivity index (χ3v) is 4.68. The molecule has 2 atom stereocenters. The highest BCUT2D eigenvalue weighted by Gasteiger charge is 2.35. The molecule has 2 aliphatic rings. The summed E-state index contributed by atoms with van der Waals surface area (Å²) in [5.41, 5.74) is 7.13. The van der Waals surface area contributed by atoms with Gasteiger partial charge in [0.1, 0.15) is 17.5 Å². The number of hydrogen-bond donors (Lipinski definition) is 1. The first-order valence-electron chi connectivity index (χ1n) is 8.22. The maximum atomic E-state index is 6.12. The van der Waals surface area contributed by atoms with Gasteiger partial charge in [0.25, 0.3) is 0 Å². The van der Waals surface area contributed by atoms with E-state index in [0.29, 0.717) is 18.0 Å². The highest BCUT2D eigenvalue weighted by atomic mass is 16.5. The molecule has 0 aromatic carbocycles. The Balaban J connectivity index is 1.94. The van der Waals surface area contributed by atoms with E-state index in [9.17, 15) is 0 Å². The summed E-state index contributed by atoms with van der Waals surface area (Å²) < 4.78 is 5.97. The average Bonchev–Trinajstić information content (AvgIpc) is 2.50. The number of rotatable bonds is 3. The van der Waals surface area contributed by atoms with E-state index in [1.165, 1.54) is 25.7 Å². The van der Waals surface area contributed by atoms with Gasteiger partial charge in [-0.3, -0.25) is 0 Å². The van der Waals surface area contributed by atoms with Crippen LogP contribution in [-0.4, -0.2) is 35.3 Å². The van der Waals surface area contributed by atoms with E-state index >= 15 is 0 Å². The zero-order chi connectivity index (χ0) is 14.8. The molecule has 5 heteroatoms. The lowest BCUT2D eigenvalue weighted by Crippen LogP contribution is -2.53. The Bertz CT molecular complexity index is 503. The molecule has 1 aliphatic heterocycles. The molecule has 0 amide bonds. The van der Waals surface area contributed by atoms with Crippen LogP contribution in [0.25, 0.3) is 0 Å². The monoisotopic (exact) mass is 290 g/mol. The van der Waals surface area contributed by atoms with Crippen molar-refractivity contribution in [3.63, 3.8) is 0 Å². The molecule has 0 radical (unpaired) electrons. The van der Waals surface area contributed by atoms with Crippen molar-refractivity contribution in [2.24, 2.45) is 0 Å². The lowest BCUT2D eigenvalue weighted by Gasteiger charge is -2.45. The van der Waals surface area contributed by atoms with Crippen molar-refractivity contribution in [3.05, 3.63) is 11.4 Å². The van der Waals surface area contributed by atoms with Crippen molar-refractivity contribution in [3.8, 4) is 0 Å². The van der Waals surface area contributed by atoms with Gasteiger partial charge in [0.15, 0.2) is 0 Å². The third-order valence-electron chi connectivity index (χ3n) is 4.68. The molecule has 2 unspecified atom stereocenters. The number of nitrogens with two attached hydrogens (primary N) is 1. The standard InChI is InChI=1S/C16H26N4O/c1-3-6-14-18-15(17)11(2)16(19-14)20-9-10-21-13-8-5-4-7-12(13)20/h12-13H,3-10H2,1-2H3,(H2,17,18,19). The highest BCUT2D eigenvalue weighted by Crippen LogP contribution is 2.33.